The highest BCUT2D eigenvalue weighted by molar-refractivity contribution is 7.47. The number of hydrogen-bond acceptors (Lipinski definition) is 4. The first-order valence-corrected chi connectivity index (χ1v) is 10.4. The molecular formula is C16H38NO4P. The van der Waals surface area contributed by atoms with Crippen LogP contribution >= 0.6 is 7.82 Å². The molecule has 0 fully saturated rings. The molecule has 0 aliphatic rings. The first-order chi connectivity index (χ1) is 10.5. The van der Waals surface area contributed by atoms with Crippen molar-refractivity contribution >= 4 is 7.82 Å². The third-order valence-corrected chi connectivity index (χ3v) is 3.94. The number of hydrogen-bond donors (Lipinski definition) is 2. The smallest absolute Gasteiger partial charge is 0.317 e. The van der Waals surface area contributed by atoms with Crippen LogP contribution in [0.15, 0.2) is 0 Å². The molecule has 136 valence electrons. The van der Waals surface area contributed by atoms with Crippen molar-refractivity contribution in [2.75, 3.05) is 26.3 Å². The molecule has 2 N–H and O–H groups in total. The summed E-state index contributed by atoms with van der Waals surface area (Å²) in [6.07, 6.45) is 8.69. The topological polar surface area (TPSA) is 67.8 Å². The average molecular weight is 339 g/mol. The van der Waals surface area contributed by atoms with Gasteiger partial charge >= 0.3 is 7.82 Å². The van der Waals surface area contributed by atoms with Crippen LogP contribution in [0.2, 0.25) is 0 Å². The van der Waals surface area contributed by atoms with Crippen LogP contribution in [0, 0.1) is 0 Å². The van der Waals surface area contributed by atoms with Gasteiger partial charge in [0.25, 0.3) is 0 Å². The second-order valence-corrected chi connectivity index (χ2v) is 6.75. The van der Waals surface area contributed by atoms with Crippen LogP contribution in [-0.4, -0.2) is 31.2 Å². The predicted molar refractivity (Wildman–Crippen MR) is 94.2 cm³/mol. The number of nitrogens with one attached hydrogen (secondary N) is 1. The number of phosphoric ester groups is 1. The molecule has 6 heteroatoms. The van der Waals surface area contributed by atoms with Gasteiger partial charge in [0.1, 0.15) is 0 Å². The van der Waals surface area contributed by atoms with Crippen LogP contribution in [0.5, 0.6) is 0 Å². The van der Waals surface area contributed by atoms with Crippen LogP contribution in [0.25, 0.3) is 0 Å². The van der Waals surface area contributed by atoms with Gasteiger partial charge in [-0.25, -0.2) is 4.57 Å². The summed E-state index contributed by atoms with van der Waals surface area (Å²) >= 11 is 0. The minimum absolute atomic E-state index is 0.288. The van der Waals surface area contributed by atoms with Crippen molar-refractivity contribution in [3.8, 4) is 0 Å². The van der Waals surface area contributed by atoms with Crippen LogP contribution < -0.4 is 5.32 Å². The van der Waals surface area contributed by atoms with E-state index in [2.05, 4.69) is 19.2 Å². The van der Waals surface area contributed by atoms with E-state index in [9.17, 15) is 4.57 Å². The minimum Gasteiger partial charge on any atom is -0.317 e. The molecule has 5 nitrogen and oxygen atoms in total. The van der Waals surface area contributed by atoms with Crippen molar-refractivity contribution in [3.05, 3.63) is 0 Å². The Bertz CT molecular complexity index is 232. The van der Waals surface area contributed by atoms with Crippen LogP contribution in [0.4, 0.5) is 0 Å². The zero-order chi connectivity index (χ0) is 17.1. The van der Waals surface area contributed by atoms with Gasteiger partial charge in [0.2, 0.25) is 0 Å². The first-order valence-electron chi connectivity index (χ1n) is 8.86. The minimum atomic E-state index is -3.75. The Labute approximate surface area is 137 Å². The first kappa shape index (κ1) is 24.3. The van der Waals surface area contributed by atoms with Gasteiger partial charge < -0.3 is 10.2 Å². The predicted octanol–water partition coefficient (Wildman–Crippen LogP) is 4.90. The molecule has 0 aromatic rings. The highest BCUT2D eigenvalue weighted by Gasteiger charge is 2.19. The molecule has 0 unspecified atom stereocenters. The molecule has 0 rings (SSSR count). The van der Waals surface area contributed by atoms with E-state index in [4.69, 9.17) is 13.9 Å². The lowest BCUT2D eigenvalue weighted by molar-refractivity contribution is 0.146. The molecular weight excluding hydrogens is 301 g/mol. The lowest BCUT2D eigenvalue weighted by Crippen LogP contribution is -2.15. The van der Waals surface area contributed by atoms with Crippen molar-refractivity contribution in [1.82, 2.24) is 5.32 Å². The van der Waals surface area contributed by atoms with Gasteiger partial charge in [0.05, 0.1) is 13.2 Å². The van der Waals surface area contributed by atoms with E-state index in [-0.39, 0.29) is 13.2 Å². The third kappa shape index (κ3) is 22.4. The maximum atomic E-state index is 11.1. The van der Waals surface area contributed by atoms with E-state index in [1.54, 1.807) is 0 Å². The third-order valence-electron chi connectivity index (χ3n) is 2.92. The Morgan fingerprint density at radius 3 is 1.45 bits per heavy atom. The summed E-state index contributed by atoms with van der Waals surface area (Å²) < 4.78 is 20.5. The van der Waals surface area contributed by atoms with Gasteiger partial charge in [0, 0.05) is 0 Å². The summed E-state index contributed by atoms with van der Waals surface area (Å²) in [6.45, 7) is 11.4. The molecule has 0 heterocycles. The van der Waals surface area contributed by atoms with Crippen LogP contribution in [-0.2, 0) is 13.6 Å². The summed E-state index contributed by atoms with van der Waals surface area (Å²) in [5.41, 5.74) is 0. The fourth-order valence-electron chi connectivity index (χ4n) is 1.41. The highest BCUT2D eigenvalue weighted by Crippen LogP contribution is 2.43. The summed E-state index contributed by atoms with van der Waals surface area (Å²) in [6, 6.07) is 0. The van der Waals surface area contributed by atoms with Gasteiger partial charge in [-0.2, -0.15) is 0 Å². The molecule has 0 saturated heterocycles. The van der Waals surface area contributed by atoms with E-state index >= 15 is 0 Å². The SMILES string of the molecule is CCCCNCCCC.CCCCOP(=O)(O)OCCCC. The van der Waals surface area contributed by atoms with E-state index in [0.29, 0.717) is 0 Å². The van der Waals surface area contributed by atoms with Gasteiger partial charge in [-0.1, -0.05) is 53.4 Å². The van der Waals surface area contributed by atoms with Gasteiger partial charge in [-0.3, -0.25) is 9.05 Å². The van der Waals surface area contributed by atoms with Crippen molar-refractivity contribution in [1.29, 1.82) is 0 Å². The molecule has 0 aromatic carbocycles. The molecule has 0 amide bonds. The van der Waals surface area contributed by atoms with Crippen molar-refractivity contribution in [2.45, 2.75) is 79.1 Å². The second-order valence-electron chi connectivity index (χ2n) is 5.30. The maximum Gasteiger partial charge on any atom is 0.472 e. The second kappa shape index (κ2) is 19.1. The molecule has 0 spiro atoms. The average Bonchev–Trinajstić information content (AvgIpc) is 2.48. The Morgan fingerprint density at radius 1 is 0.773 bits per heavy atom. The van der Waals surface area contributed by atoms with Crippen LogP contribution in [0.1, 0.15) is 79.1 Å². The molecule has 0 aliphatic carbocycles. The van der Waals surface area contributed by atoms with Crippen molar-refractivity contribution in [3.63, 3.8) is 0 Å². The molecule has 0 saturated carbocycles. The van der Waals surface area contributed by atoms with E-state index in [0.717, 1.165) is 25.7 Å². The van der Waals surface area contributed by atoms with Crippen LogP contribution in [0.3, 0.4) is 0 Å². The van der Waals surface area contributed by atoms with Gasteiger partial charge in [0.15, 0.2) is 0 Å². The van der Waals surface area contributed by atoms with Gasteiger partial charge in [-0.05, 0) is 38.8 Å². The van der Waals surface area contributed by atoms with E-state index in [1.807, 2.05) is 13.8 Å². The Kier molecular flexibility index (Phi) is 21.1. The summed E-state index contributed by atoms with van der Waals surface area (Å²) in [5.74, 6) is 0. The molecule has 22 heavy (non-hydrogen) atoms. The lowest BCUT2D eigenvalue weighted by Gasteiger charge is -2.10. The number of rotatable bonds is 14. The highest BCUT2D eigenvalue weighted by atomic mass is 31.2. The number of unbranched alkanes of at least 4 members (excludes halogenated alkanes) is 4. The fourth-order valence-corrected chi connectivity index (χ4v) is 2.21. The Balaban J connectivity index is 0. The largest absolute Gasteiger partial charge is 0.472 e. The van der Waals surface area contributed by atoms with Gasteiger partial charge in [-0.15, -0.1) is 0 Å². The van der Waals surface area contributed by atoms with E-state index < -0.39 is 7.82 Å². The zero-order valence-corrected chi connectivity index (χ0v) is 16.0. The zero-order valence-electron chi connectivity index (χ0n) is 15.1. The molecule has 0 aliphatic heterocycles. The summed E-state index contributed by atoms with van der Waals surface area (Å²) in [4.78, 5) is 9.08. The van der Waals surface area contributed by atoms with E-state index in [1.165, 1.54) is 38.8 Å². The van der Waals surface area contributed by atoms with Crippen molar-refractivity contribution in [2.24, 2.45) is 0 Å². The molecule has 0 aromatic heterocycles. The molecule has 0 atom stereocenters. The monoisotopic (exact) mass is 339 g/mol. The van der Waals surface area contributed by atoms with Crippen molar-refractivity contribution < 1.29 is 18.5 Å². The maximum absolute atomic E-state index is 11.1. The number of phosphoric acid groups is 1. The lowest BCUT2D eigenvalue weighted by atomic mass is 10.3. The standard InChI is InChI=1S/C8H19N.C8H19O4P/c1-3-5-7-9-8-6-4-2;1-3-5-7-11-13(9,10)12-8-6-4-2/h9H,3-8H2,1-2H3;3-8H2,1-2H3,(H,9,10). The molecule has 0 radical (unpaired) electrons. The summed E-state index contributed by atoms with van der Waals surface area (Å²) in [5, 5.41) is 3.39. The Morgan fingerprint density at radius 2 is 1.14 bits per heavy atom. The summed E-state index contributed by atoms with van der Waals surface area (Å²) in [7, 11) is -3.75. The molecule has 0 bridgehead atoms. The fraction of sp³-hybridized carbons (Fsp3) is 1.00. The normalized spacial score (nSPS) is 11.1. The Hall–Kier alpha value is 0.0700. The quantitative estimate of drug-likeness (QED) is 0.348.